The van der Waals surface area contributed by atoms with E-state index in [1.165, 1.54) is 14.2 Å². The van der Waals surface area contributed by atoms with Gasteiger partial charge >= 0.3 is 0 Å². The number of amides is 3. The molecule has 0 spiro atoms. The van der Waals surface area contributed by atoms with Crippen LogP contribution >= 0.6 is 0 Å². The lowest BCUT2D eigenvalue weighted by molar-refractivity contribution is -0.139. The number of nitrogens with one attached hydrogen (secondary N) is 1. The van der Waals surface area contributed by atoms with Gasteiger partial charge in [-0.05, 0) is 19.1 Å². The molecular weight excluding hydrogens is 430 g/mol. The number of nitrogens with zero attached hydrogens (tertiary/aromatic N) is 2. The SMILES string of the molecule is COCC(=O)Nc1ccc2c(c1)OC[C@@H](C)N(C(=O)COC)C[C@H](C)[C@@H](OC)CN(C)C2=O. The van der Waals surface area contributed by atoms with E-state index >= 15 is 0 Å². The Kier molecular flexibility index (Phi) is 10.1. The molecule has 1 aromatic carbocycles. The van der Waals surface area contributed by atoms with Gasteiger partial charge in [0, 0.05) is 59.1 Å². The van der Waals surface area contributed by atoms with Crippen LogP contribution in [0, 0.1) is 5.92 Å². The van der Waals surface area contributed by atoms with Crippen molar-refractivity contribution in [3.05, 3.63) is 23.8 Å². The zero-order valence-electron chi connectivity index (χ0n) is 20.3. The van der Waals surface area contributed by atoms with Crippen molar-refractivity contribution < 1.29 is 33.3 Å². The van der Waals surface area contributed by atoms with Crippen molar-refractivity contribution in [3.63, 3.8) is 0 Å². The number of anilines is 1. The van der Waals surface area contributed by atoms with Gasteiger partial charge in [0.25, 0.3) is 5.91 Å². The van der Waals surface area contributed by atoms with E-state index in [9.17, 15) is 14.4 Å². The standard InChI is InChI=1S/C23H35N3O7/c1-15-10-26(22(28)14-31-5)16(2)12-33-19-9-17(24-21(27)13-30-4)7-8-18(19)23(29)25(3)11-20(15)32-6/h7-9,15-16,20H,10-14H2,1-6H3,(H,24,27)/t15-,16+,20-/m0/s1. The molecule has 10 nitrogen and oxygen atoms in total. The molecule has 0 aliphatic carbocycles. The number of hydrogen-bond donors (Lipinski definition) is 1. The van der Waals surface area contributed by atoms with Crippen LogP contribution in [0.15, 0.2) is 18.2 Å². The van der Waals surface area contributed by atoms with E-state index in [2.05, 4.69) is 5.32 Å². The molecule has 0 unspecified atom stereocenters. The third-order valence-corrected chi connectivity index (χ3v) is 5.59. The monoisotopic (exact) mass is 465 g/mol. The fraction of sp³-hybridized carbons (Fsp3) is 0.609. The molecule has 10 heteroatoms. The van der Waals surface area contributed by atoms with Gasteiger partial charge in [0.05, 0.1) is 17.7 Å². The maximum absolute atomic E-state index is 13.2. The lowest BCUT2D eigenvalue weighted by Crippen LogP contribution is -2.49. The van der Waals surface area contributed by atoms with Crippen LogP contribution in [-0.2, 0) is 23.8 Å². The van der Waals surface area contributed by atoms with E-state index in [1.54, 1.807) is 42.2 Å². The molecular formula is C23H35N3O7. The largest absolute Gasteiger partial charge is 0.491 e. The Morgan fingerprint density at radius 2 is 1.82 bits per heavy atom. The van der Waals surface area contributed by atoms with Gasteiger partial charge in [-0.1, -0.05) is 6.92 Å². The summed E-state index contributed by atoms with van der Waals surface area (Å²) in [5.74, 6) is -0.427. The van der Waals surface area contributed by atoms with Crippen LogP contribution in [0.4, 0.5) is 5.69 Å². The van der Waals surface area contributed by atoms with Crippen molar-refractivity contribution in [2.24, 2.45) is 5.92 Å². The fourth-order valence-corrected chi connectivity index (χ4v) is 3.73. The zero-order valence-corrected chi connectivity index (χ0v) is 20.3. The summed E-state index contributed by atoms with van der Waals surface area (Å²) in [6, 6.07) is 4.57. The number of fused-ring (bicyclic) bond motifs is 1. The number of ether oxygens (including phenoxy) is 4. The molecule has 2 rings (SSSR count). The molecule has 184 valence electrons. The molecule has 3 atom stereocenters. The second kappa shape index (κ2) is 12.5. The molecule has 3 amide bonds. The normalized spacial score (nSPS) is 22.0. The highest BCUT2D eigenvalue weighted by Crippen LogP contribution is 2.27. The summed E-state index contributed by atoms with van der Waals surface area (Å²) in [5.41, 5.74) is 0.828. The van der Waals surface area contributed by atoms with Crippen LogP contribution in [0.1, 0.15) is 24.2 Å². The van der Waals surface area contributed by atoms with Gasteiger partial charge < -0.3 is 34.1 Å². The van der Waals surface area contributed by atoms with Crippen LogP contribution in [0.2, 0.25) is 0 Å². The Labute approximate surface area is 195 Å². The summed E-state index contributed by atoms with van der Waals surface area (Å²) >= 11 is 0. The summed E-state index contributed by atoms with van der Waals surface area (Å²) in [7, 11) is 6.21. The van der Waals surface area contributed by atoms with Crippen molar-refractivity contribution in [1.82, 2.24) is 9.80 Å². The number of carbonyl (C=O) groups excluding carboxylic acids is 3. The molecule has 1 aromatic rings. The average molecular weight is 466 g/mol. The minimum absolute atomic E-state index is 0.0363. The fourth-order valence-electron chi connectivity index (χ4n) is 3.73. The van der Waals surface area contributed by atoms with Crippen LogP contribution < -0.4 is 10.1 Å². The Balaban J connectivity index is 2.42. The smallest absolute Gasteiger partial charge is 0.257 e. The highest BCUT2D eigenvalue weighted by Gasteiger charge is 2.30. The zero-order chi connectivity index (χ0) is 24.5. The predicted octanol–water partition coefficient (Wildman–Crippen LogP) is 1.25. The molecule has 0 aromatic heterocycles. The minimum atomic E-state index is -0.323. The predicted molar refractivity (Wildman–Crippen MR) is 122 cm³/mol. The van der Waals surface area contributed by atoms with Crippen LogP contribution in [0.5, 0.6) is 5.75 Å². The third kappa shape index (κ3) is 7.15. The molecule has 0 bridgehead atoms. The number of hydrogen-bond acceptors (Lipinski definition) is 7. The minimum Gasteiger partial charge on any atom is -0.491 e. The van der Waals surface area contributed by atoms with Gasteiger partial charge in [-0.25, -0.2) is 0 Å². The molecule has 1 aliphatic heterocycles. The van der Waals surface area contributed by atoms with E-state index in [1.807, 2.05) is 13.8 Å². The van der Waals surface area contributed by atoms with Gasteiger partial charge in [-0.2, -0.15) is 0 Å². The Morgan fingerprint density at radius 3 is 2.45 bits per heavy atom. The van der Waals surface area contributed by atoms with Crippen LogP contribution in [0.25, 0.3) is 0 Å². The first-order valence-electron chi connectivity index (χ1n) is 10.8. The maximum Gasteiger partial charge on any atom is 0.257 e. The molecule has 0 fully saturated rings. The number of methoxy groups -OCH3 is 3. The highest BCUT2D eigenvalue weighted by atomic mass is 16.5. The summed E-state index contributed by atoms with van der Waals surface area (Å²) in [6.07, 6.45) is -0.277. The second-order valence-corrected chi connectivity index (χ2v) is 8.27. The molecule has 1 heterocycles. The second-order valence-electron chi connectivity index (χ2n) is 8.27. The number of benzene rings is 1. The first kappa shape index (κ1) is 26.6. The van der Waals surface area contributed by atoms with Crippen molar-refractivity contribution in [2.75, 3.05) is 66.6 Å². The van der Waals surface area contributed by atoms with Gasteiger partial charge in [-0.15, -0.1) is 0 Å². The van der Waals surface area contributed by atoms with Gasteiger partial charge in [0.1, 0.15) is 25.6 Å². The van der Waals surface area contributed by atoms with E-state index in [-0.39, 0.29) is 55.6 Å². The summed E-state index contributed by atoms with van der Waals surface area (Å²) in [4.78, 5) is 41.1. The maximum atomic E-state index is 13.2. The Morgan fingerprint density at radius 1 is 1.12 bits per heavy atom. The number of carbonyl (C=O) groups is 3. The summed E-state index contributed by atoms with van der Waals surface area (Å²) < 4.78 is 21.6. The quantitative estimate of drug-likeness (QED) is 0.674. The molecule has 0 saturated carbocycles. The van der Waals surface area contributed by atoms with Crippen LogP contribution in [0.3, 0.4) is 0 Å². The van der Waals surface area contributed by atoms with Crippen molar-refractivity contribution >= 4 is 23.4 Å². The van der Waals surface area contributed by atoms with E-state index in [0.29, 0.717) is 30.1 Å². The van der Waals surface area contributed by atoms with Crippen LogP contribution in [-0.4, -0.2) is 101 Å². The van der Waals surface area contributed by atoms with E-state index < -0.39 is 0 Å². The van der Waals surface area contributed by atoms with Gasteiger partial charge in [0.15, 0.2) is 0 Å². The molecule has 0 radical (unpaired) electrons. The Bertz CT molecular complexity index is 832. The summed E-state index contributed by atoms with van der Waals surface area (Å²) in [5, 5.41) is 2.71. The van der Waals surface area contributed by atoms with Gasteiger partial charge in [0.2, 0.25) is 11.8 Å². The molecule has 1 aliphatic rings. The molecule has 0 saturated heterocycles. The first-order chi connectivity index (χ1) is 15.7. The number of rotatable bonds is 6. The summed E-state index contributed by atoms with van der Waals surface area (Å²) in [6.45, 7) is 4.65. The topological polar surface area (TPSA) is 107 Å². The highest BCUT2D eigenvalue weighted by molar-refractivity contribution is 5.98. The van der Waals surface area contributed by atoms with Crippen molar-refractivity contribution in [1.29, 1.82) is 0 Å². The van der Waals surface area contributed by atoms with E-state index in [4.69, 9.17) is 18.9 Å². The molecule has 1 N–H and O–H groups in total. The Hall–Kier alpha value is -2.69. The lowest BCUT2D eigenvalue weighted by atomic mass is 10.0. The molecule has 33 heavy (non-hydrogen) atoms. The number of likely N-dealkylation sites (N-methyl/N-ethyl adjacent to an activating group) is 1. The van der Waals surface area contributed by atoms with Crippen molar-refractivity contribution in [3.8, 4) is 5.75 Å². The van der Waals surface area contributed by atoms with E-state index in [0.717, 1.165) is 0 Å². The van der Waals surface area contributed by atoms with Crippen molar-refractivity contribution in [2.45, 2.75) is 26.0 Å². The lowest BCUT2D eigenvalue weighted by Gasteiger charge is -2.36. The average Bonchev–Trinajstić information content (AvgIpc) is 2.78. The van der Waals surface area contributed by atoms with Gasteiger partial charge in [-0.3, -0.25) is 14.4 Å². The first-order valence-corrected chi connectivity index (χ1v) is 10.8. The third-order valence-electron chi connectivity index (χ3n) is 5.59.